The Labute approximate surface area is 127 Å². The molecular weight excluding hydrogens is 296 g/mol. The second-order valence-corrected chi connectivity index (χ2v) is 8.91. The highest BCUT2D eigenvalue weighted by molar-refractivity contribution is 8.00. The zero-order valence-corrected chi connectivity index (χ0v) is 14.0. The van der Waals surface area contributed by atoms with Crippen LogP contribution in [0.1, 0.15) is 39.5 Å². The van der Waals surface area contributed by atoms with E-state index in [-0.39, 0.29) is 12.2 Å². The lowest BCUT2D eigenvalue weighted by Gasteiger charge is -2.34. The van der Waals surface area contributed by atoms with Gasteiger partial charge in [0.05, 0.1) is 12.2 Å². The van der Waals surface area contributed by atoms with Crippen molar-refractivity contribution in [3.05, 3.63) is 0 Å². The Bertz CT molecular complexity index is 386. The van der Waals surface area contributed by atoms with Crippen molar-refractivity contribution in [2.24, 2.45) is 0 Å². The van der Waals surface area contributed by atoms with Crippen molar-refractivity contribution in [3.63, 3.8) is 0 Å². The van der Waals surface area contributed by atoms with Crippen molar-refractivity contribution in [2.75, 3.05) is 25.4 Å². The Hall–Kier alpha value is 0.180. The number of rotatable bonds is 6. The number of nitrogens with one attached hydrogen (secondary N) is 1. The van der Waals surface area contributed by atoms with Crippen molar-refractivity contribution >= 4 is 22.0 Å². The van der Waals surface area contributed by atoms with E-state index in [1.165, 1.54) is 30.0 Å². The maximum atomic E-state index is 12.2. The highest BCUT2D eigenvalue weighted by Crippen LogP contribution is 2.28. The molecule has 2 fully saturated rings. The lowest BCUT2D eigenvalue weighted by Crippen LogP contribution is -2.52. The summed E-state index contributed by atoms with van der Waals surface area (Å²) in [4.78, 5) is 0. The molecule has 2 rings (SSSR count). The molecule has 1 aliphatic heterocycles. The Kier molecular flexibility index (Phi) is 6.16. The maximum absolute atomic E-state index is 12.2. The van der Waals surface area contributed by atoms with Gasteiger partial charge in [-0.1, -0.05) is 12.8 Å². The number of ether oxygens (including phenoxy) is 1. The van der Waals surface area contributed by atoms with Crippen molar-refractivity contribution in [1.29, 1.82) is 0 Å². The second kappa shape index (κ2) is 7.45. The number of morpholine rings is 1. The minimum Gasteiger partial charge on any atom is -0.373 e. The van der Waals surface area contributed by atoms with Gasteiger partial charge in [-0.05, 0) is 26.7 Å². The molecule has 0 radical (unpaired) electrons. The number of thioether (sulfide) groups is 1. The molecular formula is C13H26N2O3S2. The van der Waals surface area contributed by atoms with Crippen LogP contribution in [0, 0.1) is 0 Å². The predicted octanol–water partition coefficient (Wildman–Crippen LogP) is 1.61. The molecule has 1 saturated carbocycles. The molecule has 1 N–H and O–H groups in total. The van der Waals surface area contributed by atoms with Crippen LogP contribution in [0.4, 0.5) is 0 Å². The standard InChI is InChI=1S/C13H26N2O3S2/c1-11-9-15(10-12(2)18-11)20(16,17)14-7-8-19-13-5-3-4-6-13/h11-14H,3-10H2,1-2H3/t11-,12-/m0/s1. The van der Waals surface area contributed by atoms with E-state index in [1.54, 1.807) is 0 Å². The van der Waals surface area contributed by atoms with Gasteiger partial charge in [-0.25, -0.2) is 4.72 Å². The van der Waals surface area contributed by atoms with Gasteiger partial charge in [0.25, 0.3) is 10.2 Å². The summed E-state index contributed by atoms with van der Waals surface area (Å²) in [6, 6.07) is 0. The van der Waals surface area contributed by atoms with E-state index in [0.717, 1.165) is 11.0 Å². The van der Waals surface area contributed by atoms with Crippen LogP contribution in [0.25, 0.3) is 0 Å². The van der Waals surface area contributed by atoms with Crippen LogP contribution in [-0.2, 0) is 14.9 Å². The average molecular weight is 322 g/mol. The Balaban J connectivity index is 1.72. The summed E-state index contributed by atoms with van der Waals surface area (Å²) in [5, 5.41) is 0.739. The summed E-state index contributed by atoms with van der Waals surface area (Å²) in [6.07, 6.45) is 5.15. The topological polar surface area (TPSA) is 58.6 Å². The van der Waals surface area contributed by atoms with Crippen LogP contribution in [0.15, 0.2) is 0 Å². The minimum atomic E-state index is -3.35. The molecule has 1 saturated heterocycles. The third-order valence-corrected chi connectivity index (χ3v) is 6.70. The van der Waals surface area contributed by atoms with Crippen molar-refractivity contribution in [2.45, 2.75) is 57.0 Å². The van der Waals surface area contributed by atoms with Crippen LogP contribution in [0.3, 0.4) is 0 Å². The van der Waals surface area contributed by atoms with Crippen molar-refractivity contribution in [1.82, 2.24) is 9.03 Å². The Morgan fingerprint density at radius 1 is 1.20 bits per heavy atom. The first-order valence-electron chi connectivity index (χ1n) is 7.49. The van der Waals surface area contributed by atoms with Crippen LogP contribution in [0.5, 0.6) is 0 Å². The van der Waals surface area contributed by atoms with E-state index in [9.17, 15) is 8.42 Å². The largest absolute Gasteiger partial charge is 0.373 e. The minimum absolute atomic E-state index is 0.0387. The molecule has 0 aromatic heterocycles. The third-order valence-electron chi connectivity index (χ3n) is 3.77. The van der Waals surface area contributed by atoms with Gasteiger partial charge in [-0.2, -0.15) is 24.5 Å². The lowest BCUT2D eigenvalue weighted by atomic mass is 10.3. The average Bonchev–Trinajstić information content (AvgIpc) is 2.86. The van der Waals surface area contributed by atoms with Gasteiger partial charge in [0.2, 0.25) is 0 Å². The molecule has 0 spiro atoms. The van der Waals surface area contributed by atoms with Gasteiger partial charge in [0.1, 0.15) is 0 Å². The van der Waals surface area contributed by atoms with Gasteiger partial charge >= 0.3 is 0 Å². The van der Waals surface area contributed by atoms with Gasteiger partial charge in [0.15, 0.2) is 0 Å². The van der Waals surface area contributed by atoms with Gasteiger partial charge in [-0.3, -0.25) is 0 Å². The first kappa shape index (κ1) is 16.5. The van der Waals surface area contributed by atoms with Crippen molar-refractivity contribution < 1.29 is 13.2 Å². The van der Waals surface area contributed by atoms with Gasteiger partial charge in [0, 0.05) is 30.6 Å². The normalized spacial score (nSPS) is 29.9. The first-order valence-corrected chi connectivity index (χ1v) is 9.98. The van der Waals surface area contributed by atoms with Gasteiger partial charge in [-0.15, -0.1) is 0 Å². The van der Waals surface area contributed by atoms with E-state index in [0.29, 0.717) is 19.6 Å². The summed E-state index contributed by atoms with van der Waals surface area (Å²) in [5.41, 5.74) is 0. The zero-order chi connectivity index (χ0) is 14.6. The van der Waals surface area contributed by atoms with E-state index in [1.807, 2.05) is 25.6 Å². The van der Waals surface area contributed by atoms with Crippen LogP contribution in [-0.4, -0.2) is 55.6 Å². The molecule has 20 heavy (non-hydrogen) atoms. The number of hydrogen-bond acceptors (Lipinski definition) is 4. The summed E-state index contributed by atoms with van der Waals surface area (Å²) >= 11 is 1.90. The highest BCUT2D eigenvalue weighted by atomic mass is 32.2. The Morgan fingerprint density at radius 3 is 2.40 bits per heavy atom. The fourth-order valence-corrected chi connectivity index (χ4v) is 5.57. The second-order valence-electron chi connectivity index (χ2n) is 5.75. The van der Waals surface area contributed by atoms with Crippen LogP contribution >= 0.6 is 11.8 Å². The van der Waals surface area contributed by atoms with E-state index in [4.69, 9.17) is 4.74 Å². The molecule has 0 bridgehead atoms. The molecule has 5 nitrogen and oxygen atoms in total. The SMILES string of the molecule is C[C@H]1CN(S(=O)(=O)NCCSC2CCCC2)C[C@H](C)O1. The maximum Gasteiger partial charge on any atom is 0.279 e. The highest BCUT2D eigenvalue weighted by Gasteiger charge is 2.30. The van der Waals surface area contributed by atoms with E-state index >= 15 is 0 Å². The molecule has 0 aromatic carbocycles. The first-order chi connectivity index (χ1) is 9.47. The smallest absolute Gasteiger partial charge is 0.279 e. The number of nitrogens with zero attached hydrogens (tertiary/aromatic N) is 1. The van der Waals surface area contributed by atoms with E-state index in [2.05, 4.69) is 4.72 Å². The molecule has 7 heteroatoms. The quantitative estimate of drug-likeness (QED) is 0.755. The fraction of sp³-hybridized carbons (Fsp3) is 1.00. The van der Waals surface area contributed by atoms with Gasteiger partial charge < -0.3 is 4.74 Å². The Morgan fingerprint density at radius 2 is 1.80 bits per heavy atom. The summed E-state index contributed by atoms with van der Waals surface area (Å²) in [6.45, 7) is 5.22. The molecule has 0 aromatic rings. The summed E-state index contributed by atoms with van der Waals surface area (Å²) in [5.74, 6) is 0.860. The van der Waals surface area contributed by atoms with Crippen LogP contribution < -0.4 is 4.72 Å². The summed E-state index contributed by atoms with van der Waals surface area (Å²) < 4.78 is 34.2. The zero-order valence-electron chi connectivity index (χ0n) is 12.4. The summed E-state index contributed by atoms with van der Waals surface area (Å²) in [7, 11) is -3.35. The molecule has 0 unspecified atom stereocenters. The molecule has 0 amide bonds. The van der Waals surface area contributed by atoms with Crippen molar-refractivity contribution in [3.8, 4) is 0 Å². The van der Waals surface area contributed by atoms with Crippen LogP contribution in [0.2, 0.25) is 0 Å². The molecule has 118 valence electrons. The molecule has 2 atom stereocenters. The third kappa shape index (κ3) is 4.87. The van der Waals surface area contributed by atoms with E-state index < -0.39 is 10.2 Å². The number of hydrogen-bond donors (Lipinski definition) is 1. The molecule has 1 heterocycles. The lowest BCUT2D eigenvalue weighted by molar-refractivity contribution is -0.0443. The fourth-order valence-electron chi connectivity index (χ4n) is 2.87. The molecule has 2 aliphatic rings. The molecule has 1 aliphatic carbocycles. The predicted molar refractivity (Wildman–Crippen MR) is 83.2 cm³/mol. The monoisotopic (exact) mass is 322 g/mol.